The molecule has 0 spiro atoms. The highest BCUT2D eigenvalue weighted by Gasteiger charge is 2.33. The summed E-state index contributed by atoms with van der Waals surface area (Å²) < 4.78 is 5.88. The Bertz CT molecular complexity index is 652. The quantitative estimate of drug-likeness (QED) is 0.770. The minimum atomic E-state index is -0.150. The summed E-state index contributed by atoms with van der Waals surface area (Å²) >= 11 is 0. The summed E-state index contributed by atoms with van der Waals surface area (Å²) in [7, 11) is 0. The molecule has 0 bridgehead atoms. The molecule has 0 unspecified atom stereocenters. The second-order valence-corrected chi connectivity index (χ2v) is 10.0. The molecule has 1 aliphatic heterocycles. The largest absolute Gasteiger partial charge is 0.507 e. The zero-order valence-corrected chi connectivity index (χ0v) is 16.7. The third-order valence-corrected chi connectivity index (χ3v) is 4.67. The number of phenols is 1. The number of ether oxygens (including phenoxy) is 1. The van der Waals surface area contributed by atoms with Crippen LogP contribution in [0, 0.1) is 5.41 Å². The summed E-state index contributed by atoms with van der Waals surface area (Å²) in [4.78, 5) is 4.77. The van der Waals surface area contributed by atoms with Gasteiger partial charge in [0.05, 0.1) is 11.6 Å². The van der Waals surface area contributed by atoms with Gasteiger partial charge in [0, 0.05) is 5.56 Å². The Morgan fingerprint density at radius 2 is 1.54 bits per heavy atom. The number of aliphatic imine (C=N–C) groups is 1. The lowest BCUT2D eigenvalue weighted by Gasteiger charge is -2.27. The minimum absolute atomic E-state index is 0.00889. The van der Waals surface area contributed by atoms with Gasteiger partial charge in [0.1, 0.15) is 12.4 Å². The van der Waals surface area contributed by atoms with Gasteiger partial charge in [0.25, 0.3) is 0 Å². The Morgan fingerprint density at radius 3 is 1.96 bits per heavy atom. The van der Waals surface area contributed by atoms with Crippen molar-refractivity contribution in [3.63, 3.8) is 0 Å². The molecule has 0 aromatic heterocycles. The number of nitrogens with zero attached hydrogens (tertiary/aromatic N) is 1. The Morgan fingerprint density at radius 1 is 0.958 bits per heavy atom. The van der Waals surface area contributed by atoms with Crippen LogP contribution in [0.4, 0.5) is 0 Å². The number of benzene rings is 1. The predicted molar refractivity (Wildman–Crippen MR) is 101 cm³/mol. The highest BCUT2D eigenvalue weighted by atomic mass is 16.5. The summed E-state index contributed by atoms with van der Waals surface area (Å²) in [5.41, 5.74) is 2.74. The van der Waals surface area contributed by atoms with Crippen LogP contribution in [0.5, 0.6) is 5.75 Å². The summed E-state index contributed by atoms with van der Waals surface area (Å²) in [5.74, 6) is 0.868. The fraction of sp³-hybridized carbons (Fsp3) is 0.667. The van der Waals surface area contributed by atoms with E-state index in [-0.39, 0.29) is 22.3 Å². The van der Waals surface area contributed by atoms with Crippen molar-refractivity contribution < 1.29 is 9.84 Å². The summed E-state index contributed by atoms with van der Waals surface area (Å²) in [6, 6.07) is 4.27. The van der Waals surface area contributed by atoms with Crippen LogP contribution in [0.2, 0.25) is 0 Å². The van der Waals surface area contributed by atoms with E-state index in [2.05, 4.69) is 68.4 Å². The second-order valence-electron chi connectivity index (χ2n) is 10.0. The molecule has 3 nitrogen and oxygen atoms in total. The van der Waals surface area contributed by atoms with E-state index in [9.17, 15) is 5.11 Å². The molecule has 0 fully saturated rings. The van der Waals surface area contributed by atoms with E-state index in [1.165, 1.54) is 5.56 Å². The monoisotopic (exact) mass is 331 g/mol. The molecule has 0 aliphatic carbocycles. The summed E-state index contributed by atoms with van der Waals surface area (Å²) in [5, 5.41) is 10.9. The standard InChI is InChI=1S/C21H33NO2/c1-19(2,3)13-10-14(17(23)15(11-13)20(4,5)6)18-22-16(12-24-18)21(7,8)9/h10-11,16,23H,12H2,1-9H3/t16-/m1/s1. The number of hydrogen-bond acceptors (Lipinski definition) is 3. The van der Waals surface area contributed by atoms with E-state index >= 15 is 0 Å². The predicted octanol–water partition coefficient (Wildman–Crippen LogP) is 5.18. The van der Waals surface area contributed by atoms with Crippen LogP contribution in [0.15, 0.2) is 17.1 Å². The molecule has 1 atom stereocenters. The van der Waals surface area contributed by atoms with Gasteiger partial charge in [-0.2, -0.15) is 0 Å². The number of phenolic OH excluding ortho intramolecular Hbond substituents is 1. The number of rotatable bonds is 1. The van der Waals surface area contributed by atoms with Gasteiger partial charge >= 0.3 is 0 Å². The molecule has 1 aliphatic rings. The van der Waals surface area contributed by atoms with Gasteiger partial charge < -0.3 is 9.84 Å². The van der Waals surface area contributed by atoms with E-state index in [1.807, 2.05) is 6.07 Å². The SMILES string of the molecule is CC(C)(C)c1cc(C2=N[C@@H](C(C)(C)C)CO2)c(O)c(C(C)(C)C)c1. The average Bonchev–Trinajstić information content (AvgIpc) is 2.85. The summed E-state index contributed by atoms with van der Waals surface area (Å²) in [6.07, 6.45) is 0. The first-order chi connectivity index (χ1) is 10.7. The first kappa shape index (κ1) is 18.8. The van der Waals surface area contributed by atoms with E-state index in [0.29, 0.717) is 18.3 Å². The van der Waals surface area contributed by atoms with Crippen LogP contribution in [0.25, 0.3) is 0 Å². The van der Waals surface area contributed by atoms with Crippen molar-refractivity contribution in [2.75, 3.05) is 6.61 Å². The molecule has 1 aromatic rings. The lowest BCUT2D eigenvalue weighted by molar-refractivity contribution is 0.235. The zero-order chi connectivity index (χ0) is 18.5. The van der Waals surface area contributed by atoms with Crippen molar-refractivity contribution in [3.05, 3.63) is 28.8 Å². The van der Waals surface area contributed by atoms with Gasteiger partial charge in [-0.25, -0.2) is 4.99 Å². The van der Waals surface area contributed by atoms with Crippen LogP contribution in [0.1, 0.15) is 79.0 Å². The molecule has 0 radical (unpaired) electrons. The molecular formula is C21H33NO2. The molecule has 1 heterocycles. The first-order valence-corrected chi connectivity index (χ1v) is 8.80. The zero-order valence-electron chi connectivity index (χ0n) is 16.7. The Labute approximate surface area is 147 Å². The van der Waals surface area contributed by atoms with Crippen LogP contribution in [-0.4, -0.2) is 23.7 Å². The third-order valence-electron chi connectivity index (χ3n) is 4.67. The van der Waals surface area contributed by atoms with Crippen molar-refractivity contribution >= 4 is 5.90 Å². The summed E-state index contributed by atoms with van der Waals surface area (Å²) in [6.45, 7) is 20.0. The van der Waals surface area contributed by atoms with Crippen LogP contribution < -0.4 is 0 Å². The first-order valence-electron chi connectivity index (χ1n) is 8.80. The smallest absolute Gasteiger partial charge is 0.220 e. The van der Waals surface area contributed by atoms with Gasteiger partial charge in [-0.3, -0.25) is 0 Å². The molecule has 24 heavy (non-hydrogen) atoms. The molecule has 2 rings (SSSR count). The van der Waals surface area contributed by atoms with Gasteiger partial charge in [-0.05, 0) is 27.9 Å². The molecule has 134 valence electrons. The average molecular weight is 332 g/mol. The fourth-order valence-corrected chi connectivity index (χ4v) is 2.77. The lowest BCUT2D eigenvalue weighted by atomic mass is 9.79. The van der Waals surface area contributed by atoms with Crippen molar-refractivity contribution in [2.24, 2.45) is 10.4 Å². The topological polar surface area (TPSA) is 41.8 Å². The number of hydrogen-bond donors (Lipinski definition) is 1. The molecule has 3 heteroatoms. The van der Waals surface area contributed by atoms with Crippen molar-refractivity contribution in [3.8, 4) is 5.75 Å². The normalized spacial score (nSPS) is 19.2. The Balaban J connectivity index is 2.62. The van der Waals surface area contributed by atoms with Gasteiger partial charge in [0.15, 0.2) is 0 Å². The lowest BCUT2D eigenvalue weighted by Crippen LogP contribution is -2.25. The maximum absolute atomic E-state index is 10.9. The van der Waals surface area contributed by atoms with Crippen molar-refractivity contribution in [1.82, 2.24) is 0 Å². The van der Waals surface area contributed by atoms with Crippen LogP contribution in [0.3, 0.4) is 0 Å². The van der Waals surface area contributed by atoms with Gasteiger partial charge in [-0.15, -0.1) is 0 Å². The highest BCUT2D eigenvalue weighted by molar-refractivity contribution is 5.98. The van der Waals surface area contributed by atoms with Crippen molar-refractivity contribution in [1.29, 1.82) is 0 Å². The second kappa shape index (κ2) is 5.79. The van der Waals surface area contributed by atoms with E-state index < -0.39 is 0 Å². The van der Waals surface area contributed by atoms with Crippen molar-refractivity contribution in [2.45, 2.75) is 79.2 Å². The van der Waals surface area contributed by atoms with Crippen LogP contribution in [-0.2, 0) is 15.6 Å². The number of aromatic hydroxyl groups is 1. The van der Waals surface area contributed by atoms with Crippen LogP contribution >= 0.6 is 0 Å². The molecule has 0 saturated heterocycles. The van der Waals surface area contributed by atoms with Gasteiger partial charge in [-0.1, -0.05) is 68.4 Å². The molecule has 1 N–H and O–H groups in total. The Kier molecular flexibility index (Phi) is 4.54. The maximum atomic E-state index is 10.9. The third kappa shape index (κ3) is 3.76. The molecule has 1 aromatic carbocycles. The fourth-order valence-electron chi connectivity index (χ4n) is 2.77. The molecule has 0 amide bonds. The maximum Gasteiger partial charge on any atom is 0.220 e. The Hall–Kier alpha value is -1.51. The minimum Gasteiger partial charge on any atom is -0.507 e. The van der Waals surface area contributed by atoms with Gasteiger partial charge in [0.2, 0.25) is 5.90 Å². The molecule has 0 saturated carbocycles. The molecular weight excluding hydrogens is 298 g/mol. The van der Waals surface area contributed by atoms with E-state index in [4.69, 9.17) is 9.73 Å². The van der Waals surface area contributed by atoms with E-state index in [1.54, 1.807) is 0 Å². The highest BCUT2D eigenvalue weighted by Crippen LogP contribution is 2.39. The van der Waals surface area contributed by atoms with E-state index in [0.717, 1.165) is 11.1 Å².